The Morgan fingerprint density at radius 3 is 2.54 bits per heavy atom. The van der Waals surface area contributed by atoms with E-state index < -0.39 is 47.0 Å². The predicted molar refractivity (Wildman–Crippen MR) is 90.0 cm³/mol. The molecule has 0 saturated carbocycles. The van der Waals surface area contributed by atoms with Crippen LogP contribution in [0, 0.1) is 0 Å². The second-order valence-electron chi connectivity index (χ2n) is 4.90. The van der Waals surface area contributed by atoms with Crippen LogP contribution in [-0.2, 0) is 15.8 Å². The summed E-state index contributed by atoms with van der Waals surface area (Å²) in [5.41, 5.74) is -2.33. The Bertz CT molecular complexity index is 848. The third kappa shape index (κ3) is 4.76. The summed E-state index contributed by atoms with van der Waals surface area (Å²) in [6.45, 7) is 3.17. The number of hydrogen-bond acceptors (Lipinski definition) is 5. The van der Waals surface area contributed by atoms with Gasteiger partial charge in [-0.2, -0.15) is 13.2 Å². The van der Waals surface area contributed by atoms with Crippen molar-refractivity contribution in [2.24, 2.45) is 0 Å². The van der Waals surface area contributed by atoms with Crippen molar-refractivity contribution in [1.29, 1.82) is 0 Å². The molecule has 0 atom stereocenters. The molecule has 10 heteroatoms. The van der Waals surface area contributed by atoms with Crippen LogP contribution in [0.4, 0.5) is 24.0 Å². The highest BCUT2D eigenvalue weighted by Gasteiger charge is 2.35. The number of alkyl halides is 3. The molecule has 26 heavy (non-hydrogen) atoms. The Labute approximate surface area is 149 Å². The van der Waals surface area contributed by atoms with Gasteiger partial charge in [-0.15, -0.1) is 11.3 Å². The Morgan fingerprint density at radius 2 is 1.96 bits per heavy atom. The van der Waals surface area contributed by atoms with E-state index >= 15 is 0 Å². The van der Waals surface area contributed by atoms with Gasteiger partial charge >= 0.3 is 6.18 Å². The maximum Gasteiger partial charge on any atom is 0.418 e. The lowest BCUT2D eigenvalue weighted by Crippen LogP contribution is -2.21. The Hall–Kier alpha value is -3.01. The van der Waals surface area contributed by atoms with Crippen molar-refractivity contribution < 1.29 is 27.6 Å². The van der Waals surface area contributed by atoms with E-state index in [0.717, 1.165) is 35.6 Å². The number of rotatable bonds is 6. The zero-order chi connectivity index (χ0) is 19.3. The van der Waals surface area contributed by atoms with Gasteiger partial charge in [0.25, 0.3) is 0 Å². The SMILES string of the molecule is C=CC(=O)Nc1c(C(=O)CC(=O)Nc2nccs2)cccc1C(F)(F)F. The molecule has 0 aliphatic heterocycles. The number of carbonyl (C=O) groups is 3. The van der Waals surface area contributed by atoms with Gasteiger partial charge in [-0.25, -0.2) is 4.98 Å². The van der Waals surface area contributed by atoms with E-state index in [0.29, 0.717) is 0 Å². The van der Waals surface area contributed by atoms with Gasteiger partial charge in [0.05, 0.1) is 17.7 Å². The quantitative estimate of drug-likeness (QED) is 0.454. The number of Topliss-reactive ketones (excluding diaryl/α,β-unsaturated/α-hetero) is 1. The molecule has 0 aliphatic carbocycles. The molecule has 2 aromatic rings. The van der Waals surface area contributed by atoms with Crippen LogP contribution in [0.2, 0.25) is 0 Å². The van der Waals surface area contributed by atoms with Crippen molar-refractivity contribution >= 4 is 39.8 Å². The van der Waals surface area contributed by atoms with Crippen LogP contribution in [0.1, 0.15) is 22.3 Å². The van der Waals surface area contributed by atoms with Crippen molar-refractivity contribution in [3.8, 4) is 0 Å². The summed E-state index contributed by atoms with van der Waals surface area (Å²) < 4.78 is 39.6. The number of nitrogens with one attached hydrogen (secondary N) is 2. The van der Waals surface area contributed by atoms with Crippen molar-refractivity contribution in [2.45, 2.75) is 12.6 Å². The number of carbonyl (C=O) groups excluding carboxylic acids is 3. The van der Waals surface area contributed by atoms with Gasteiger partial charge in [0, 0.05) is 17.1 Å². The summed E-state index contributed by atoms with van der Waals surface area (Å²) in [6, 6.07) is 2.86. The van der Waals surface area contributed by atoms with E-state index in [1.54, 1.807) is 5.38 Å². The minimum absolute atomic E-state index is 0.257. The minimum atomic E-state index is -4.80. The smallest absolute Gasteiger partial charge is 0.321 e. The number of amides is 2. The molecule has 0 fully saturated rings. The molecule has 0 radical (unpaired) electrons. The summed E-state index contributed by atoms with van der Waals surface area (Å²) in [5.74, 6) is -2.53. The molecule has 1 heterocycles. The first kappa shape index (κ1) is 19.3. The molecule has 1 aromatic heterocycles. The normalized spacial score (nSPS) is 10.9. The van der Waals surface area contributed by atoms with Gasteiger partial charge in [0.15, 0.2) is 10.9 Å². The van der Waals surface area contributed by atoms with Crippen molar-refractivity contribution in [1.82, 2.24) is 4.98 Å². The fourth-order valence-electron chi connectivity index (χ4n) is 2.02. The summed E-state index contributed by atoms with van der Waals surface area (Å²) >= 11 is 1.12. The number of nitrogens with zero attached hydrogens (tertiary/aromatic N) is 1. The Balaban J connectivity index is 2.31. The van der Waals surface area contributed by atoms with Crippen LogP contribution in [0.3, 0.4) is 0 Å². The molecule has 0 spiro atoms. The number of halogens is 3. The van der Waals surface area contributed by atoms with Crippen molar-refractivity contribution in [2.75, 3.05) is 10.6 Å². The number of thiazole rings is 1. The summed E-state index contributed by atoms with van der Waals surface area (Å²) in [5, 5.41) is 6.22. The first-order valence-corrected chi connectivity index (χ1v) is 7.96. The average molecular weight is 383 g/mol. The maximum absolute atomic E-state index is 13.2. The molecule has 6 nitrogen and oxygen atoms in total. The largest absolute Gasteiger partial charge is 0.418 e. The van der Waals surface area contributed by atoms with E-state index in [1.807, 2.05) is 5.32 Å². The molecule has 0 saturated heterocycles. The minimum Gasteiger partial charge on any atom is -0.321 e. The second kappa shape index (κ2) is 7.91. The first-order valence-electron chi connectivity index (χ1n) is 7.08. The molecule has 0 bridgehead atoms. The molecule has 2 N–H and O–H groups in total. The van der Waals surface area contributed by atoms with Gasteiger partial charge in [-0.05, 0) is 18.2 Å². The third-order valence-electron chi connectivity index (χ3n) is 3.10. The Morgan fingerprint density at radius 1 is 1.23 bits per heavy atom. The average Bonchev–Trinajstić information content (AvgIpc) is 3.06. The van der Waals surface area contributed by atoms with Crippen LogP contribution in [-0.4, -0.2) is 22.6 Å². The predicted octanol–water partition coefficient (Wildman–Crippen LogP) is 3.50. The van der Waals surface area contributed by atoms with Gasteiger partial charge in [-0.3, -0.25) is 14.4 Å². The Kier molecular flexibility index (Phi) is 5.88. The van der Waals surface area contributed by atoms with Gasteiger partial charge < -0.3 is 10.6 Å². The second-order valence-corrected chi connectivity index (χ2v) is 5.80. The molecule has 1 aromatic carbocycles. The molecule has 2 rings (SSSR count). The standard InChI is InChI=1S/C16H12F3N3O3S/c1-2-12(24)21-14-9(4-3-5-10(14)16(17,18)19)11(23)8-13(25)22-15-20-6-7-26-15/h2-7H,1,8H2,(H,21,24)(H,20,22,25). The highest BCUT2D eigenvalue weighted by atomic mass is 32.1. The monoisotopic (exact) mass is 383 g/mol. The molecular weight excluding hydrogens is 371 g/mol. The molecule has 0 aliphatic rings. The fourth-order valence-corrected chi connectivity index (χ4v) is 2.56. The third-order valence-corrected chi connectivity index (χ3v) is 3.79. The molecule has 0 unspecified atom stereocenters. The van der Waals surface area contributed by atoms with E-state index in [-0.39, 0.29) is 5.13 Å². The van der Waals surface area contributed by atoms with E-state index in [4.69, 9.17) is 0 Å². The number of para-hydroxylation sites is 1. The van der Waals surface area contributed by atoms with E-state index in [2.05, 4.69) is 16.9 Å². The highest BCUT2D eigenvalue weighted by Crippen LogP contribution is 2.37. The number of anilines is 2. The topological polar surface area (TPSA) is 88.2 Å². The number of hydrogen-bond donors (Lipinski definition) is 2. The number of ketones is 1. The van der Waals surface area contributed by atoms with Crippen molar-refractivity contribution in [3.63, 3.8) is 0 Å². The fraction of sp³-hybridized carbons (Fsp3) is 0.125. The van der Waals surface area contributed by atoms with E-state index in [1.165, 1.54) is 6.20 Å². The van der Waals surface area contributed by atoms with Gasteiger partial charge in [-0.1, -0.05) is 12.6 Å². The van der Waals surface area contributed by atoms with Crippen LogP contribution in [0.5, 0.6) is 0 Å². The molecule has 136 valence electrons. The van der Waals surface area contributed by atoms with Gasteiger partial charge in [0.1, 0.15) is 0 Å². The lowest BCUT2D eigenvalue weighted by Gasteiger charge is -2.16. The highest BCUT2D eigenvalue weighted by molar-refractivity contribution is 7.13. The molecular formula is C16H12F3N3O3S. The van der Waals surface area contributed by atoms with Crippen LogP contribution < -0.4 is 10.6 Å². The zero-order valence-corrected chi connectivity index (χ0v) is 13.9. The maximum atomic E-state index is 13.2. The lowest BCUT2D eigenvalue weighted by molar-refractivity contribution is -0.137. The van der Waals surface area contributed by atoms with Crippen LogP contribution in [0.15, 0.2) is 42.4 Å². The molecule has 2 amide bonds. The van der Waals surface area contributed by atoms with E-state index in [9.17, 15) is 27.6 Å². The number of benzene rings is 1. The van der Waals surface area contributed by atoms with Crippen LogP contribution >= 0.6 is 11.3 Å². The van der Waals surface area contributed by atoms with Crippen LogP contribution in [0.25, 0.3) is 0 Å². The lowest BCUT2D eigenvalue weighted by atomic mass is 10.0. The summed E-state index contributed by atoms with van der Waals surface area (Å²) in [7, 11) is 0. The van der Waals surface area contributed by atoms with Crippen molar-refractivity contribution in [3.05, 3.63) is 53.6 Å². The number of aromatic nitrogens is 1. The van der Waals surface area contributed by atoms with Gasteiger partial charge in [0.2, 0.25) is 11.8 Å². The summed E-state index contributed by atoms with van der Waals surface area (Å²) in [6.07, 6.45) is -3.30. The zero-order valence-electron chi connectivity index (χ0n) is 13.1. The first-order chi connectivity index (χ1) is 12.2. The summed E-state index contributed by atoms with van der Waals surface area (Å²) in [4.78, 5) is 39.5.